The van der Waals surface area contributed by atoms with Gasteiger partial charge in [0.1, 0.15) is 5.69 Å². The van der Waals surface area contributed by atoms with Crippen LogP contribution in [0, 0.1) is 6.92 Å². The van der Waals surface area contributed by atoms with Crippen LogP contribution in [0.4, 0.5) is 32.2 Å². The average molecular weight is 398 g/mol. The Morgan fingerprint density at radius 3 is 2.14 bits per heavy atom. The Bertz CT molecular complexity index is 1020. The number of aryl methyl sites for hydroxylation is 1. The molecule has 28 heavy (non-hydrogen) atoms. The molecule has 0 spiro atoms. The van der Waals surface area contributed by atoms with Crippen LogP contribution in [0.3, 0.4) is 0 Å². The Labute approximate surface area is 155 Å². The Morgan fingerprint density at radius 2 is 1.54 bits per heavy atom. The van der Waals surface area contributed by atoms with Crippen molar-refractivity contribution in [1.29, 1.82) is 0 Å². The summed E-state index contributed by atoms with van der Waals surface area (Å²) in [7, 11) is 0. The maximum Gasteiger partial charge on any atom is 0.433 e. The molecule has 3 rings (SSSR count). The van der Waals surface area contributed by atoms with Crippen molar-refractivity contribution in [2.45, 2.75) is 25.8 Å². The zero-order chi connectivity index (χ0) is 20.5. The first kappa shape index (κ1) is 19.7. The molecule has 0 bridgehead atoms. The largest absolute Gasteiger partial charge is 0.433 e. The lowest BCUT2D eigenvalue weighted by Gasteiger charge is -2.13. The van der Waals surface area contributed by atoms with Crippen LogP contribution in [0.15, 0.2) is 52.7 Å². The number of benzene rings is 1. The Morgan fingerprint density at radius 1 is 0.857 bits per heavy atom. The lowest BCUT2D eigenvalue weighted by Crippen LogP contribution is -2.14. The van der Waals surface area contributed by atoms with Gasteiger partial charge in [-0.3, -0.25) is 0 Å². The number of halogens is 6. The highest BCUT2D eigenvalue weighted by Gasteiger charge is 2.39. The quantitative estimate of drug-likeness (QED) is 0.386. The van der Waals surface area contributed by atoms with Gasteiger partial charge in [0, 0.05) is 5.39 Å². The van der Waals surface area contributed by atoms with Crippen LogP contribution in [0.1, 0.15) is 22.4 Å². The third-order valence-corrected chi connectivity index (χ3v) is 3.80. The minimum atomic E-state index is -5.04. The third kappa shape index (κ3) is 4.44. The highest BCUT2D eigenvalue weighted by atomic mass is 19.4. The predicted molar refractivity (Wildman–Crippen MR) is 88.9 cm³/mol. The second-order valence-electron chi connectivity index (χ2n) is 5.98. The van der Waals surface area contributed by atoms with Crippen molar-refractivity contribution in [3.8, 4) is 0 Å². The van der Waals surface area contributed by atoms with Gasteiger partial charge in [-0.05, 0) is 30.7 Å². The highest BCUT2D eigenvalue weighted by molar-refractivity contribution is 5.81. The molecule has 2 aromatic heterocycles. The third-order valence-electron chi connectivity index (χ3n) is 3.80. The second-order valence-corrected chi connectivity index (χ2v) is 5.98. The number of pyridine rings is 2. The van der Waals surface area contributed by atoms with Gasteiger partial charge >= 0.3 is 12.4 Å². The molecule has 10 heteroatoms. The van der Waals surface area contributed by atoms with Crippen LogP contribution in [-0.2, 0) is 18.9 Å². The van der Waals surface area contributed by atoms with E-state index in [-0.39, 0.29) is 18.4 Å². The molecular weight excluding hydrogens is 386 g/mol. The summed E-state index contributed by atoms with van der Waals surface area (Å²) in [5.41, 5.74) is -1.93. The molecule has 0 aliphatic carbocycles. The van der Waals surface area contributed by atoms with Crippen molar-refractivity contribution in [1.82, 2.24) is 9.97 Å². The Balaban J connectivity index is 1.97. The monoisotopic (exact) mass is 398 g/mol. The van der Waals surface area contributed by atoms with Crippen LogP contribution in [0.2, 0.25) is 0 Å². The molecule has 2 heterocycles. The fourth-order valence-electron chi connectivity index (χ4n) is 2.41. The van der Waals surface area contributed by atoms with Gasteiger partial charge in [-0.1, -0.05) is 29.8 Å². The smallest absolute Gasteiger partial charge is 0.223 e. The molecule has 0 aliphatic heterocycles. The normalized spacial score (nSPS) is 12.8. The van der Waals surface area contributed by atoms with Gasteiger partial charge in [-0.2, -0.15) is 31.5 Å². The number of rotatable bonds is 3. The van der Waals surface area contributed by atoms with Crippen LogP contribution in [0.25, 0.3) is 11.0 Å². The van der Waals surface area contributed by atoms with Crippen LogP contribution < -0.4 is 0 Å². The van der Waals surface area contributed by atoms with Crippen molar-refractivity contribution in [3.63, 3.8) is 0 Å². The minimum absolute atomic E-state index is 0.0252. The summed E-state index contributed by atoms with van der Waals surface area (Å²) in [6.07, 6.45) is -10.0. The van der Waals surface area contributed by atoms with Crippen molar-refractivity contribution >= 4 is 16.9 Å². The number of nitrogens with zero attached hydrogens (tertiary/aromatic N) is 4. The van der Waals surface area contributed by atoms with E-state index in [2.05, 4.69) is 20.2 Å². The molecule has 4 nitrogen and oxygen atoms in total. The topological polar surface area (TPSA) is 50.5 Å². The summed E-state index contributed by atoms with van der Waals surface area (Å²) in [5.74, 6) is -0.139. The van der Waals surface area contributed by atoms with E-state index in [1.807, 2.05) is 31.2 Å². The van der Waals surface area contributed by atoms with Crippen molar-refractivity contribution in [2.24, 2.45) is 10.2 Å². The lowest BCUT2D eigenvalue weighted by atomic mass is 10.1. The van der Waals surface area contributed by atoms with Crippen LogP contribution in [-0.4, -0.2) is 9.97 Å². The van der Waals surface area contributed by atoms with E-state index in [4.69, 9.17) is 0 Å². The van der Waals surface area contributed by atoms with Crippen LogP contribution >= 0.6 is 0 Å². The molecule has 3 aromatic rings. The van der Waals surface area contributed by atoms with Crippen molar-refractivity contribution < 1.29 is 26.3 Å². The summed E-state index contributed by atoms with van der Waals surface area (Å²) in [6, 6.07) is 9.51. The molecule has 0 saturated heterocycles. The van der Waals surface area contributed by atoms with Gasteiger partial charge in [0.15, 0.2) is 11.5 Å². The molecule has 0 fully saturated rings. The molecule has 0 N–H and O–H groups in total. The van der Waals surface area contributed by atoms with Gasteiger partial charge in [-0.25, -0.2) is 9.97 Å². The van der Waals surface area contributed by atoms with Gasteiger partial charge in [0.2, 0.25) is 0 Å². The molecule has 0 atom stereocenters. The molecule has 0 aliphatic rings. The Hall–Kier alpha value is -3.04. The minimum Gasteiger partial charge on any atom is -0.223 e. The van der Waals surface area contributed by atoms with E-state index < -0.39 is 34.6 Å². The molecule has 1 aromatic carbocycles. The first-order chi connectivity index (χ1) is 13.0. The number of alkyl halides is 6. The molecule has 0 saturated carbocycles. The summed E-state index contributed by atoms with van der Waals surface area (Å²) in [5, 5.41) is 7.11. The molecular formula is C18H12F6N4. The summed E-state index contributed by atoms with van der Waals surface area (Å²) < 4.78 is 78.1. The SMILES string of the molecule is Cc1ccc(CN=Nc2ccc3c(C(F)(F)F)cc(C(F)(F)F)nc3n2)cc1. The summed E-state index contributed by atoms with van der Waals surface area (Å²) >= 11 is 0. The Kier molecular flexibility index (Phi) is 5.05. The van der Waals surface area contributed by atoms with E-state index in [1.165, 1.54) is 0 Å². The van der Waals surface area contributed by atoms with E-state index in [0.717, 1.165) is 23.3 Å². The van der Waals surface area contributed by atoms with Gasteiger partial charge < -0.3 is 0 Å². The average Bonchev–Trinajstić information content (AvgIpc) is 2.60. The molecule has 0 amide bonds. The van der Waals surface area contributed by atoms with E-state index in [9.17, 15) is 26.3 Å². The van der Waals surface area contributed by atoms with Crippen molar-refractivity contribution in [2.75, 3.05) is 0 Å². The predicted octanol–water partition coefficient (Wildman–Crippen LogP) is 6.26. The number of fused-ring (bicyclic) bond motifs is 1. The maximum absolute atomic E-state index is 13.1. The zero-order valence-corrected chi connectivity index (χ0v) is 14.3. The standard InChI is InChI=1S/C18H12F6N4/c1-10-2-4-11(5-3-10)9-25-28-15-7-6-12-13(17(19,20)21)8-14(18(22,23)24)26-16(12)27-15/h2-8H,9H2,1H3. The molecule has 0 unspecified atom stereocenters. The zero-order valence-electron chi connectivity index (χ0n) is 14.3. The summed E-state index contributed by atoms with van der Waals surface area (Å²) in [6.45, 7) is 2.10. The van der Waals surface area contributed by atoms with E-state index >= 15 is 0 Å². The number of hydrogen-bond donors (Lipinski definition) is 0. The molecule has 146 valence electrons. The van der Waals surface area contributed by atoms with E-state index in [0.29, 0.717) is 0 Å². The highest BCUT2D eigenvalue weighted by Crippen LogP contribution is 2.38. The number of hydrogen-bond acceptors (Lipinski definition) is 4. The van der Waals surface area contributed by atoms with Gasteiger partial charge in [0.05, 0.1) is 12.1 Å². The summed E-state index contributed by atoms with van der Waals surface area (Å²) in [4.78, 5) is 6.92. The number of azo groups is 1. The molecule has 0 radical (unpaired) electrons. The first-order valence-electron chi connectivity index (χ1n) is 7.93. The van der Waals surface area contributed by atoms with Crippen molar-refractivity contribution in [3.05, 3.63) is 64.8 Å². The van der Waals surface area contributed by atoms with E-state index in [1.54, 1.807) is 0 Å². The maximum atomic E-state index is 13.1. The lowest BCUT2D eigenvalue weighted by molar-refractivity contribution is -0.144. The fourth-order valence-corrected chi connectivity index (χ4v) is 2.41. The fraction of sp³-hybridized carbons (Fsp3) is 0.222. The van der Waals surface area contributed by atoms with Crippen LogP contribution in [0.5, 0.6) is 0 Å². The first-order valence-corrected chi connectivity index (χ1v) is 7.93. The van der Waals surface area contributed by atoms with Gasteiger partial charge in [0.25, 0.3) is 0 Å². The number of aromatic nitrogens is 2. The van der Waals surface area contributed by atoms with Gasteiger partial charge in [-0.15, -0.1) is 5.11 Å². The second kappa shape index (κ2) is 7.17.